The minimum atomic E-state index is -3.50. The highest BCUT2D eigenvalue weighted by Crippen LogP contribution is 2.53. The van der Waals surface area contributed by atoms with Crippen molar-refractivity contribution >= 4 is 84.1 Å². The first-order valence-electron chi connectivity index (χ1n) is 25.3. The first-order valence-corrected chi connectivity index (χ1v) is 29.9. The van der Waals surface area contributed by atoms with E-state index in [1.54, 1.807) is 4.90 Å². The standard InChI is InChI=1S/C22H29ClN6O3S.C17H24ClN3.C11H10N4O6S/c1-33(31,32)25-20-5-10-29(24-20)21(30)27-13-11-26(12-14-27)16-17-3-4-18(23)19(15-17)28-9-2-6-22(28)7-8-22;18-15-3-2-14(13-20-10-7-19-8-11-20)12-16(15)21-9-1-4-17(21)5-6-17;1-22(19,20)13-10-6-7-14(12-10)11(16)21-9-4-2-8(3-5-9)15(17)18/h3-5,10,15H,2,6-9,11-14,16H2,1H3,(H,24,25);2-3,12,19H,1,4-11,13H2;2-7H,1H3,(H,12,13). The second-order valence-electron chi connectivity index (χ2n) is 20.3. The van der Waals surface area contributed by atoms with Crippen molar-refractivity contribution in [2.24, 2.45) is 0 Å². The number of hydrogen-bond donors (Lipinski definition) is 3. The molecular weight excluding hydrogens is 1060 g/mol. The van der Waals surface area contributed by atoms with Gasteiger partial charge < -0.3 is 24.8 Å². The Kier molecular flexibility index (Phi) is 16.5. The maximum atomic E-state index is 12.8. The Balaban J connectivity index is 0.000000145. The van der Waals surface area contributed by atoms with E-state index in [9.17, 15) is 36.5 Å². The smallest absolute Gasteiger partial charge is 0.409 e. The highest BCUT2D eigenvalue weighted by molar-refractivity contribution is 7.92. The number of nitrogens with zero attached hydrogens (tertiary/aromatic N) is 10. The number of non-ortho nitro benzene ring substituents is 1. The molecule has 0 radical (unpaired) electrons. The predicted molar refractivity (Wildman–Crippen MR) is 292 cm³/mol. The zero-order valence-electron chi connectivity index (χ0n) is 42.4. The molecule has 3 N–H and O–H groups in total. The van der Waals surface area contributed by atoms with Crippen LogP contribution in [0.15, 0.2) is 85.2 Å². The van der Waals surface area contributed by atoms with Gasteiger partial charge in [-0.1, -0.05) is 35.3 Å². The number of piperazine rings is 2. The van der Waals surface area contributed by atoms with Gasteiger partial charge in [-0.05, 0) is 98.9 Å². The van der Waals surface area contributed by atoms with Crippen molar-refractivity contribution in [2.45, 2.75) is 75.5 Å². The number of carbonyl (C=O) groups is 2. The molecular formula is C50H63Cl2N13O9S2. The third kappa shape index (κ3) is 13.9. The Bertz CT molecular complexity index is 3140. The van der Waals surface area contributed by atoms with E-state index in [1.165, 1.54) is 128 Å². The van der Waals surface area contributed by atoms with Crippen LogP contribution >= 0.6 is 23.2 Å². The zero-order chi connectivity index (χ0) is 53.8. The number of amides is 1. The topological polar surface area (TPSA) is 243 Å². The molecule has 6 heterocycles. The summed E-state index contributed by atoms with van der Waals surface area (Å²) >= 11 is 13.1. The second-order valence-corrected chi connectivity index (χ2v) is 24.6. The number of nitro benzene ring substituents is 1. The number of hydrogen-bond acceptors (Lipinski definition) is 16. The van der Waals surface area contributed by atoms with Crippen molar-refractivity contribution in [3.05, 3.63) is 116 Å². The fraction of sp³-hybridized carbons (Fsp3) is 0.480. The van der Waals surface area contributed by atoms with E-state index in [2.05, 4.69) is 74.9 Å². The second kappa shape index (κ2) is 22.9. The SMILES string of the molecule is CS(=O)(=O)Nc1ccn(C(=O)N2CCN(Cc3ccc(Cl)c(N4CCCC45CC5)c3)CC2)n1.CS(=O)(=O)Nc1ccn(C(=O)Oc2ccc([N+](=O)[O-])cc2)n1.Clc1ccc(CN2CCNCC2)cc1N1CCCC12CC2. The van der Waals surface area contributed by atoms with Crippen LogP contribution in [0.4, 0.5) is 38.3 Å². The Morgan fingerprint density at radius 1 is 0.658 bits per heavy atom. The minimum absolute atomic E-state index is 0.0388. The molecule has 0 unspecified atom stereocenters. The number of aromatic nitrogens is 4. The van der Waals surface area contributed by atoms with Gasteiger partial charge in [0.1, 0.15) is 5.75 Å². The molecule has 6 aliphatic rings. The van der Waals surface area contributed by atoms with E-state index >= 15 is 0 Å². The van der Waals surface area contributed by atoms with E-state index in [0.717, 1.165) is 91.8 Å². The zero-order valence-corrected chi connectivity index (χ0v) is 45.6. The molecule has 4 saturated heterocycles. The van der Waals surface area contributed by atoms with Crippen molar-refractivity contribution in [3.8, 4) is 5.75 Å². The molecule has 4 aliphatic heterocycles. The molecule has 408 valence electrons. The van der Waals surface area contributed by atoms with Crippen LogP contribution in [0.5, 0.6) is 5.75 Å². The number of benzene rings is 3. The highest BCUT2D eigenvalue weighted by Gasteiger charge is 2.52. The number of nitrogens with one attached hydrogen (secondary N) is 3. The summed E-state index contributed by atoms with van der Waals surface area (Å²) in [7, 11) is -6.94. The Hall–Kier alpha value is -6.02. The first-order chi connectivity index (χ1) is 36.2. The molecule has 6 fully saturated rings. The van der Waals surface area contributed by atoms with Gasteiger partial charge in [0.2, 0.25) is 20.0 Å². The normalized spacial score (nSPS) is 18.9. The quantitative estimate of drug-likeness (QED) is 0.0849. The van der Waals surface area contributed by atoms with Gasteiger partial charge in [-0.25, -0.2) is 26.4 Å². The van der Waals surface area contributed by atoms with Gasteiger partial charge in [0.25, 0.3) is 5.69 Å². The van der Waals surface area contributed by atoms with Gasteiger partial charge in [0, 0.05) is 126 Å². The molecule has 5 aromatic rings. The third-order valence-electron chi connectivity index (χ3n) is 14.5. The lowest BCUT2D eigenvalue weighted by Gasteiger charge is -2.34. The van der Waals surface area contributed by atoms with E-state index < -0.39 is 31.1 Å². The fourth-order valence-corrected chi connectivity index (χ4v) is 11.9. The van der Waals surface area contributed by atoms with Crippen LogP contribution in [0.3, 0.4) is 0 Å². The number of halogens is 2. The molecule has 2 spiro atoms. The van der Waals surface area contributed by atoms with Crippen molar-refractivity contribution in [1.29, 1.82) is 0 Å². The molecule has 0 bridgehead atoms. The van der Waals surface area contributed by atoms with Crippen LogP contribution in [0.25, 0.3) is 0 Å². The van der Waals surface area contributed by atoms with Gasteiger partial charge in [-0.15, -0.1) is 10.2 Å². The van der Waals surface area contributed by atoms with Crippen molar-refractivity contribution in [3.63, 3.8) is 0 Å². The van der Waals surface area contributed by atoms with Crippen LogP contribution in [0, 0.1) is 10.1 Å². The summed E-state index contributed by atoms with van der Waals surface area (Å²) in [6.45, 7) is 11.3. The average Bonchev–Trinajstić information content (AvgIpc) is 4.17. The molecule has 11 rings (SSSR count). The summed E-state index contributed by atoms with van der Waals surface area (Å²) in [6.07, 6.45) is 14.2. The van der Waals surface area contributed by atoms with E-state index in [4.69, 9.17) is 27.9 Å². The van der Waals surface area contributed by atoms with Crippen molar-refractivity contribution in [1.82, 2.24) is 39.6 Å². The van der Waals surface area contributed by atoms with Crippen molar-refractivity contribution in [2.75, 3.05) is 97.2 Å². The van der Waals surface area contributed by atoms with Crippen LogP contribution < -0.4 is 29.3 Å². The number of anilines is 4. The summed E-state index contributed by atoms with van der Waals surface area (Å²) < 4.78 is 56.0. The van der Waals surface area contributed by atoms with E-state index in [1.807, 2.05) is 6.07 Å². The predicted octanol–water partition coefficient (Wildman–Crippen LogP) is 6.91. The van der Waals surface area contributed by atoms with Gasteiger partial charge in [0.05, 0.1) is 38.9 Å². The fourth-order valence-electron chi connectivity index (χ4n) is 10.4. The van der Waals surface area contributed by atoms with Crippen LogP contribution in [0.1, 0.15) is 62.5 Å². The number of rotatable bonds is 12. The number of ether oxygens (including phenoxy) is 1. The lowest BCUT2D eigenvalue weighted by Crippen LogP contribution is -2.49. The molecule has 1 amide bonds. The average molecular weight is 1130 g/mol. The van der Waals surface area contributed by atoms with Crippen molar-refractivity contribution < 1.29 is 36.1 Å². The Labute approximate surface area is 452 Å². The maximum absolute atomic E-state index is 12.8. The molecule has 2 aromatic heterocycles. The molecule has 76 heavy (non-hydrogen) atoms. The van der Waals surface area contributed by atoms with Gasteiger partial charge >= 0.3 is 12.1 Å². The Morgan fingerprint density at radius 2 is 1.13 bits per heavy atom. The van der Waals surface area contributed by atoms with Crippen LogP contribution in [-0.4, -0.2) is 157 Å². The minimum Gasteiger partial charge on any atom is -0.409 e. The number of carbonyl (C=O) groups excluding carboxylic acids is 2. The lowest BCUT2D eigenvalue weighted by molar-refractivity contribution is -0.384. The molecule has 22 nitrogen and oxygen atoms in total. The molecule has 2 saturated carbocycles. The molecule has 2 aliphatic carbocycles. The molecule has 3 aromatic carbocycles. The number of sulfonamides is 2. The van der Waals surface area contributed by atoms with Crippen LogP contribution in [0.2, 0.25) is 10.0 Å². The summed E-state index contributed by atoms with van der Waals surface area (Å²) in [5, 5.41) is 23.4. The first kappa shape index (κ1) is 54.8. The molecule has 26 heteroatoms. The van der Waals surface area contributed by atoms with Crippen LogP contribution in [-0.2, 0) is 33.1 Å². The summed E-state index contributed by atoms with van der Waals surface area (Å²) in [5.41, 5.74) is 5.77. The maximum Gasteiger partial charge on any atom is 0.440 e. The van der Waals surface area contributed by atoms with Gasteiger partial charge in [0.15, 0.2) is 11.6 Å². The van der Waals surface area contributed by atoms with E-state index in [0.29, 0.717) is 24.2 Å². The largest absolute Gasteiger partial charge is 0.440 e. The third-order valence-corrected chi connectivity index (χ3v) is 16.3. The Morgan fingerprint density at radius 3 is 1.61 bits per heavy atom. The van der Waals surface area contributed by atoms with E-state index in [-0.39, 0.29) is 29.1 Å². The highest BCUT2D eigenvalue weighted by atomic mass is 35.5. The number of nitro groups is 1. The summed E-state index contributed by atoms with van der Waals surface area (Å²) in [6, 6.07) is 20.4. The lowest BCUT2D eigenvalue weighted by atomic mass is 10.1. The summed E-state index contributed by atoms with van der Waals surface area (Å²) in [4.78, 5) is 46.2. The molecule has 0 atom stereocenters. The monoisotopic (exact) mass is 1120 g/mol. The van der Waals surface area contributed by atoms with Gasteiger partial charge in [-0.2, -0.15) is 9.36 Å². The summed E-state index contributed by atoms with van der Waals surface area (Å²) in [5.74, 6) is 0.181. The van der Waals surface area contributed by atoms with Gasteiger partial charge in [-0.3, -0.25) is 29.4 Å².